The third-order valence-electron chi connectivity index (χ3n) is 1.88. The van der Waals surface area contributed by atoms with Gasteiger partial charge in [0, 0.05) is 12.3 Å². The average molecular weight is 176 g/mol. The summed E-state index contributed by atoms with van der Waals surface area (Å²) in [6, 6.07) is 7.26. The molecule has 0 bridgehead atoms. The van der Waals surface area contributed by atoms with Crippen LogP contribution in [0.2, 0.25) is 0 Å². The highest BCUT2D eigenvalue weighted by atomic mass is 16.2. The Balaban J connectivity index is 2.81. The number of aryl methyl sites for hydroxylation is 1. The Bertz CT molecular complexity index is 328. The van der Waals surface area contributed by atoms with Gasteiger partial charge in [-0.2, -0.15) is 5.26 Å². The fraction of sp³-hybridized carbons (Fsp3) is 0.300. The zero-order valence-corrected chi connectivity index (χ0v) is 7.33. The van der Waals surface area contributed by atoms with Crippen LogP contribution in [0.15, 0.2) is 18.2 Å². The molecule has 0 aromatic heterocycles. The van der Waals surface area contributed by atoms with Crippen LogP contribution in [-0.4, -0.2) is 11.7 Å². The van der Waals surface area contributed by atoms with Gasteiger partial charge in [0.15, 0.2) is 0 Å². The van der Waals surface area contributed by atoms with Gasteiger partial charge in [-0.15, -0.1) is 0 Å². The van der Waals surface area contributed by atoms with Crippen molar-refractivity contribution in [1.82, 2.24) is 0 Å². The molecule has 0 saturated carbocycles. The van der Waals surface area contributed by atoms with Crippen LogP contribution in [-0.2, 0) is 6.42 Å². The SMILES string of the molecule is N#Cc1ccc(CCCO)c(N)c1. The maximum atomic E-state index is 8.63. The van der Waals surface area contributed by atoms with Crippen molar-refractivity contribution in [2.45, 2.75) is 12.8 Å². The summed E-state index contributed by atoms with van der Waals surface area (Å²) in [4.78, 5) is 0. The lowest BCUT2D eigenvalue weighted by Crippen LogP contribution is -1.96. The summed E-state index contributed by atoms with van der Waals surface area (Å²) in [5.74, 6) is 0. The van der Waals surface area contributed by atoms with E-state index in [0.29, 0.717) is 17.7 Å². The van der Waals surface area contributed by atoms with Gasteiger partial charge in [-0.3, -0.25) is 0 Å². The summed E-state index contributed by atoms with van der Waals surface area (Å²) in [6.45, 7) is 0.166. The van der Waals surface area contributed by atoms with Crippen LogP contribution in [0.4, 0.5) is 5.69 Å². The van der Waals surface area contributed by atoms with Gasteiger partial charge in [-0.05, 0) is 30.5 Å². The van der Waals surface area contributed by atoms with E-state index in [0.717, 1.165) is 12.0 Å². The minimum absolute atomic E-state index is 0.166. The van der Waals surface area contributed by atoms with Gasteiger partial charge < -0.3 is 10.8 Å². The number of aliphatic hydroxyl groups excluding tert-OH is 1. The zero-order valence-electron chi connectivity index (χ0n) is 7.33. The summed E-state index contributed by atoms with van der Waals surface area (Å²) in [5, 5.41) is 17.2. The van der Waals surface area contributed by atoms with Gasteiger partial charge in [0.25, 0.3) is 0 Å². The molecule has 0 aliphatic carbocycles. The van der Waals surface area contributed by atoms with E-state index in [1.165, 1.54) is 0 Å². The third-order valence-corrected chi connectivity index (χ3v) is 1.88. The number of nitrogens with two attached hydrogens (primary N) is 1. The first-order chi connectivity index (χ1) is 6.27. The second-order valence-electron chi connectivity index (χ2n) is 2.85. The van der Waals surface area contributed by atoms with Crippen molar-refractivity contribution in [3.8, 4) is 6.07 Å². The van der Waals surface area contributed by atoms with Crippen LogP contribution < -0.4 is 5.73 Å². The molecule has 0 unspecified atom stereocenters. The summed E-state index contributed by atoms with van der Waals surface area (Å²) in [6.07, 6.45) is 1.46. The van der Waals surface area contributed by atoms with Crippen molar-refractivity contribution in [2.75, 3.05) is 12.3 Å². The first kappa shape index (κ1) is 9.56. The molecule has 0 heterocycles. The molecule has 1 aromatic rings. The largest absolute Gasteiger partial charge is 0.398 e. The number of nitrogen functional groups attached to an aromatic ring is 1. The fourth-order valence-corrected chi connectivity index (χ4v) is 1.16. The molecule has 13 heavy (non-hydrogen) atoms. The van der Waals surface area contributed by atoms with E-state index in [-0.39, 0.29) is 6.61 Å². The molecule has 3 nitrogen and oxygen atoms in total. The number of aliphatic hydroxyl groups is 1. The van der Waals surface area contributed by atoms with Gasteiger partial charge in [0.05, 0.1) is 11.6 Å². The molecular formula is C10H12N2O. The first-order valence-electron chi connectivity index (χ1n) is 4.17. The number of rotatable bonds is 3. The van der Waals surface area contributed by atoms with Crippen LogP contribution in [0.1, 0.15) is 17.5 Å². The lowest BCUT2D eigenvalue weighted by atomic mass is 10.1. The minimum Gasteiger partial charge on any atom is -0.398 e. The second kappa shape index (κ2) is 4.48. The highest BCUT2D eigenvalue weighted by molar-refractivity contribution is 5.52. The molecule has 0 fully saturated rings. The minimum atomic E-state index is 0.166. The average Bonchev–Trinajstić information content (AvgIpc) is 2.16. The number of hydrogen-bond acceptors (Lipinski definition) is 3. The molecular weight excluding hydrogens is 164 g/mol. The van der Waals surface area contributed by atoms with Crippen molar-refractivity contribution in [2.24, 2.45) is 0 Å². The van der Waals surface area contributed by atoms with Crippen LogP contribution >= 0.6 is 0 Å². The molecule has 3 N–H and O–H groups in total. The van der Waals surface area contributed by atoms with Gasteiger partial charge in [-0.25, -0.2) is 0 Å². The zero-order chi connectivity index (χ0) is 9.68. The topological polar surface area (TPSA) is 70.0 Å². The van der Waals surface area contributed by atoms with Crippen LogP contribution in [0.5, 0.6) is 0 Å². The fourth-order valence-electron chi connectivity index (χ4n) is 1.16. The number of nitrogens with zero attached hydrogens (tertiary/aromatic N) is 1. The van der Waals surface area contributed by atoms with Gasteiger partial charge >= 0.3 is 0 Å². The van der Waals surface area contributed by atoms with Crippen molar-refractivity contribution in [1.29, 1.82) is 5.26 Å². The van der Waals surface area contributed by atoms with Gasteiger partial charge in [0.2, 0.25) is 0 Å². The van der Waals surface area contributed by atoms with Crippen molar-refractivity contribution < 1.29 is 5.11 Å². The van der Waals surface area contributed by atoms with Crippen molar-refractivity contribution >= 4 is 5.69 Å². The summed E-state index contributed by atoms with van der Waals surface area (Å²) in [5.41, 5.74) is 7.90. The van der Waals surface area contributed by atoms with Gasteiger partial charge in [0.1, 0.15) is 0 Å². The molecule has 1 aromatic carbocycles. The summed E-state index contributed by atoms with van der Waals surface area (Å²) in [7, 11) is 0. The second-order valence-corrected chi connectivity index (χ2v) is 2.85. The Labute approximate surface area is 77.4 Å². The van der Waals surface area contributed by atoms with E-state index in [1.807, 2.05) is 12.1 Å². The van der Waals surface area contributed by atoms with Crippen molar-refractivity contribution in [3.63, 3.8) is 0 Å². The molecule has 0 radical (unpaired) electrons. The maximum absolute atomic E-state index is 8.63. The number of benzene rings is 1. The maximum Gasteiger partial charge on any atom is 0.0992 e. The highest BCUT2D eigenvalue weighted by Gasteiger charge is 1.99. The number of hydrogen-bond donors (Lipinski definition) is 2. The number of anilines is 1. The third kappa shape index (κ3) is 2.46. The lowest BCUT2D eigenvalue weighted by Gasteiger charge is -2.03. The summed E-state index contributed by atoms with van der Waals surface area (Å²) < 4.78 is 0. The Kier molecular flexibility index (Phi) is 3.30. The highest BCUT2D eigenvalue weighted by Crippen LogP contribution is 2.15. The first-order valence-corrected chi connectivity index (χ1v) is 4.17. The standard InChI is InChI=1S/C10H12N2O/c11-7-8-3-4-9(2-1-5-13)10(12)6-8/h3-4,6,13H,1-2,5,12H2. The predicted octanol–water partition coefficient (Wildman–Crippen LogP) is 1.07. The molecule has 0 spiro atoms. The Morgan fingerprint density at radius 2 is 2.23 bits per heavy atom. The molecule has 0 amide bonds. The molecule has 3 heteroatoms. The molecule has 0 atom stereocenters. The lowest BCUT2D eigenvalue weighted by molar-refractivity contribution is 0.288. The van der Waals surface area contributed by atoms with E-state index in [4.69, 9.17) is 16.1 Å². The smallest absolute Gasteiger partial charge is 0.0992 e. The molecule has 1 rings (SSSR count). The van der Waals surface area contributed by atoms with Crippen LogP contribution in [0.3, 0.4) is 0 Å². The molecule has 0 aliphatic heterocycles. The van der Waals surface area contributed by atoms with Crippen molar-refractivity contribution in [3.05, 3.63) is 29.3 Å². The van der Waals surface area contributed by atoms with E-state index >= 15 is 0 Å². The molecule has 0 saturated heterocycles. The Morgan fingerprint density at radius 3 is 2.77 bits per heavy atom. The predicted molar refractivity (Wildman–Crippen MR) is 51.0 cm³/mol. The summed E-state index contributed by atoms with van der Waals surface area (Å²) >= 11 is 0. The van der Waals surface area contributed by atoms with E-state index in [9.17, 15) is 0 Å². The quantitative estimate of drug-likeness (QED) is 0.676. The molecule has 0 aliphatic rings. The van der Waals surface area contributed by atoms with Gasteiger partial charge in [-0.1, -0.05) is 6.07 Å². The van der Waals surface area contributed by atoms with E-state index in [2.05, 4.69) is 0 Å². The number of nitriles is 1. The van der Waals surface area contributed by atoms with E-state index < -0.39 is 0 Å². The Hall–Kier alpha value is -1.53. The Morgan fingerprint density at radius 1 is 1.46 bits per heavy atom. The monoisotopic (exact) mass is 176 g/mol. The van der Waals surface area contributed by atoms with Crippen LogP contribution in [0.25, 0.3) is 0 Å². The normalized spacial score (nSPS) is 9.54. The van der Waals surface area contributed by atoms with Crippen LogP contribution in [0, 0.1) is 11.3 Å². The molecule has 68 valence electrons. The van der Waals surface area contributed by atoms with E-state index in [1.54, 1.807) is 12.1 Å².